The summed E-state index contributed by atoms with van der Waals surface area (Å²) in [5.74, 6) is 10.1. The van der Waals surface area contributed by atoms with Gasteiger partial charge in [-0.15, -0.1) is 0 Å². The Balaban J connectivity index is 2.01. The molecule has 0 bridgehead atoms. The Labute approximate surface area is 64.0 Å². The summed E-state index contributed by atoms with van der Waals surface area (Å²) in [6.07, 6.45) is -1.15. The number of nitrogens with two attached hydrogens (primary N) is 2. The van der Waals surface area contributed by atoms with E-state index < -0.39 is 6.29 Å². The van der Waals surface area contributed by atoms with Gasteiger partial charge in [0.25, 0.3) is 0 Å². The summed E-state index contributed by atoms with van der Waals surface area (Å²) in [5.41, 5.74) is 4.73. The van der Waals surface area contributed by atoms with Gasteiger partial charge in [-0.05, 0) is 0 Å². The molecule has 0 aromatic carbocycles. The maximum Gasteiger partial charge on any atom is 0.183 e. The zero-order valence-electron chi connectivity index (χ0n) is 5.95. The lowest BCUT2D eigenvalue weighted by atomic mass is 10.4. The van der Waals surface area contributed by atoms with Crippen molar-refractivity contribution in [3.63, 3.8) is 0 Å². The van der Waals surface area contributed by atoms with Crippen LogP contribution in [0.3, 0.4) is 0 Å². The summed E-state index contributed by atoms with van der Waals surface area (Å²) < 4.78 is 4.71. The van der Waals surface area contributed by atoms with Gasteiger partial charge in [-0.3, -0.25) is 17.0 Å². The Bertz CT molecular complexity index is 119. The third-order valence-corrected chi connectivity index (χ3v) is 1.41. The number of aliphatic hydroxyl groups is 1. The molecule has 1 saturated heterocycles. The van der Waals surface area contributed by atoms with Crippen LogP contribution in [0, 0.1) is 0 Å². The third kappa shape index (κ3) is 2.67. The molecule has 7 nitrogen and oxygen atoms in total. The molecule has 11 heavy (non-hydrogen) atoms. The molecule has 0 aromatic heterocycles. The first-order valence-electron chi connectivity index (χ1n) is 3.27. The minimum absolute atomic E-state index is 0.140. The molecule has 8 N–H and O–H groups in total. The van der Waals surface area contributed by atoms with Gasteiger partial charge in [0.15, 0.2) is 6.29 Å². The van der Waals surface area contributed by atoms with E-state index in [1.807, 2.05) is 0 Å². The number of ether oxygens (including phenoxy) is 1. The predicted octanol–water partition coefficient (Wildman–Crippen LogP) is -3.50. The van der Waals surface area contributed by atoms with E-state index in [9.17, 15) is 0 Å². The highest BCUT2D eigenvalue weighted by Gasteiger charge is 2.36. The molecule has 1 rings (SSSR count). The van der Waals surface area contributed by atoms with Gasteiger partial charge in [-0.2, -0.15) is 0 Å². The van der Waals surface area contributed by atoms with E-state index in [1.54, 1.807) is 0 Å². The van der Waals surface area contributed by atoms with Crippen molar-refractivity contribution in [1.29, 1.82) is 0 Å². The van der Waals surface area contributed by atoms with Crippen molar-refractivity contribution < 1.29 is 9.84 Å². The number of hydrogen-bond acceptors (Lipinski definition) is 7. The molecule has 66 valence electrons. The minimum atomic E-state index is -0.640. The number of aliphatic hydroxyl groups excluding tert-OH is 1. The van der Waals surface area contributed by atoms with Crippen LogP contribution in [0.1, 0.15) is 0 Å². The number of hydrazine groups is 2. The second-order valence-corrected chi connectivity index (χ2v) is 2.24. The molecule has 2 unspecified atom stereocenters. The molecule has 0 aromatic rings. The highest BCUT2D eigenvalue weighted by molar-refractivity contribution is 4.77. The molecule has 1 aliphatic rings. The second-order valence-electron chi connectivity index (χ2n) is 2.24. The van der Waals surface area contributed by atoms with Crippen LogP contribution in [0.25, 0.3) is 0 Å². The Morgan fingerprint density at radius 2 is 2.00 bits per heavy atom. The number of hydrogen-bond donors (Lipinski definition) is 6. The van der Waals surface area contributed by atoms with Gasteiger partial charge < -0.3 is 9.84 Å². The van der Waals surface area contributed by atoms with Gasteiger partial charge in [0.1, 0.15) is 12.4 Å². The minimum Gasteiger partial charge on any atom is -0.366 e. The topological polar surface area (TPSA) is 121 Å². The van der Waals surface area contributed by atoms with Crippen molar-refractivity contribution in [1.82, 2.24) is 16.2 Å². The van der Waals surface area contributed by atoms with E-state index >= 15 is 0 Å². The summed E-state index contributed by atoms with van der Waals surface area (Å²) in [5, 5.41) is 11.6. The van der Waals surface area contributed by atoms with Crippen molar-refractivity contribution >= 4 is 0 Å². The van der Waals surface area contributed by atoms with E-state index in [2.05, 4.69) is 16.2 Å². The molecule has 1 aliphatic heterocycles. The average molecular weight is 163 g/mol. The Kier molecular flexibility index (Phi) is 3.15. The normalized spacial score (nSPS) is 29.5. The summed E-state index contributed by atoms with van der Waals surface area (Å²) >= 11 is 0. The van der Waals surface area contributed by atoms with Gasteiger partial charge in [-0.1, -0.05) is 0 Å². The lowest BCUT2D eigenvalue weighted by Gasteiger charge is -2.14. The molecule has 1 fully saturated rings. The van der Waals surface area contributed by atoms with Gasteiger partial charge in [-0.25, -0.2) is 10.9 Å². The SMILES string of the molecule is NNC(NN)NCC1OC1O. The molecule has 2 atom stereocenters. The second kappa shape index (κ2) is 3.93. The maximum absolute atomic E-state index is 8.72. The summed E-state index contributed by atoms with van der Waals surface area (Å²) in [6.45, 7) is 0.500. The van der Waals surface area contributed by atoms with Crippen LogP contribution in [0.15, 0.2) is 0 Å². The molecule has 0 spiro atoms. The van der Waals surface area contributed by atoms with E-state index in [0.29, 0.717) is 6.54 Å². The predicted molar refractivity (Wildman–Crippen MR) is 37.3 cm³/mol. The van der Waals surface area contributed by atoms with Crippen LogP contribution in [-0.4, -0.2) is 30.3 Å². The summed E-state index contributed by atoms with van der Waals surface area (Å²) in [4.78, 5) is 0. The van der Waals surface area contributed by atoms with Crippen molar-refractivity contribution in [2.45, 2.75) is 18.7 Å². The maximum atomic E-state index is 8.72. The fraction of sp³-hybridized carbons (Fsp3) is 1.00. The zero-order valence-corrected chi connectivity index (χ0v) is 5.95. The molecular weight excluding hydrogens is 150 g/mol. The van der Waals surface area contributed by atoms with Gasteiger partial charge in [0, 0.05) is 6.54 Å². The van der Waals surface area contributed by atoms with Crippen LogP contribution >= 0.6 is 0 Å². The van der Waals surface area contributed by atoms with Crippen molar-refractivity contribution in [2.24, 2.45) is 11.7 Å². The largest absolute Gasteiger partial charge is 0.366 e. The average Bonchev–Trinajstić information content (AvgIpc) is 2.69. The van der Waals surface area contributed by atoms with Crippen molar-refractivity contribution in [3.05, 3.63) is 0 Å². The lowest BCUT2D eigenvalue weighted by Crippen LogP contribution is -2.58. The Morgan fingerprint density at radius 3 is 2.36 bits per heavy atom. The zero-order chi connectivity index (χ0) is 8.27. The molecule has 0 saturated carbocycles. The summed E-state index contributed by atoms with van der Waals surface area (Å²) in [7, 11) is 0. The highest BCUT2D eigenvalue weighted by atomic mass is 16.7. The summed E-state index contributed by atoms with van der Waals surface area (Å²) in [6, 6.07) is 0. The fourth-order valence-corrected chi connectivity index (χ4v) is 0.683. The molecule has 1 heterocycles. The fourth-order valence-electron chi connectivity index (χ4n) is 0.683. The van der Waals surface area contributed by atoms with Crippen LogP contribution < -0.4 is 27.9 Å². The number of nitrogens with one attached hydrogen (secondary N) is 3. The highest BCUT2D eigenvalue weighted by Crippen LogP contribution is 2.16. The van der Waals surface area contributed by atoms with E-state index in [4.69, 9.17) is 21.5 Å². The van der Waals surface area contributed by atoms with E-state index in [0.717, 1.165) is 0 Å². The first-order valence-corrected chi connectivity index (χ1v) is 3.27. The number of epoxide rings is 1. The third-order valence-electron chi connectivity index (χ3n) is 1.41. The molecule has 0 aliphatic carbocycles. The van der Waals surface area contributed by atoms with Gasteiger partial charge in [0.2, 0.25) is 0 Å². The Morgan fingerprint density at radius 1 is 1.45 bits per heavy atom. The number of rotatable bonds is 5. The van der Waals surface area contributed by atoms with Crippen LogP contribution in [-0.2, 0) is 4.74 Å². The first kappa shape index (κ1) is 8.81. The van der Waals surface area contributed by atoms with Crippen molar-refractivity contribution in [3.8, 4) is 0 Å². The van der Waals surface area contributed by atoms with Gasteiger partial charge in [0.05, 0.1) is 0 Å². The van der Waals surface area contributed by atoms with Crippen LogP contribution in [0.2, 0.25) is 0 Å². The molecular formula is C4H13N5O2. The van der Waals surface area contributed by atoms with E-state index in [-0.39, 0.29) is 12.4 Å². The Hall–Kier alpha value is -0.280. The van der Waals surface area contributed by atoms with Crippen LogP contribution in [0.5, 0.6) is 0 Å². The standard InChI is InChI=1S/C4H13N5O2/c5-8-4(9-6)7-1-2-3(10)11-2/h2-4,7-10H,1,5-6H2. The molecule has 0 amide bonds. The van der Waals surface area contributed by atoms with Crippen LogP contribution in [0.4, 0.5) is 0 Å². The van der Waals surface area contributed by atoms with Gasteiger partial charge >= 0.3 is 0 Å². The lowest BCUT2D eigenvalue weighted by molar-refractivity contribution is 0.156. The smallest absolute Gasteiger partial charge is 0.183 e. The first-order chi connectivity index (χ1) is 5.27. The molecule has 7 heteroatoms. The monoisotopic (exact) mass is 163 g/mol. The van der Waals surface area contributed by atoms with Crippen molar-refractivity contribution in [2.75, 3.05) is 6.54 Å². The quantitative estimate of drug-likeness (QED) is 0.108. The molecule has 0 radical (unpaired) electrons. The van der Waals surface area contributed by atoms with E-state index in [1.165, 1.54) is 0 Å².